The molecule has 0 aliphatic carbocycles. The molecule has 0 saturated carbocycles. The van der Waals surface area contributed by atoms with E-state index in [1.165, 1.54) is 0 Å². The number of para-hydroxylation sites is 1. The minimum atomic E-state index is -1.17. The lowest BCUT2D eigenvalue weighted by Crippen LogP contribution is -2.32. The molecule has 0 saturated heterocycles. The summed E-state index contributed by atoms with van der Waals surface area (Å²) in [5, 5.41) is 8.67. The number of carboxylic acids is 1. The topological polar surface area (TPSA) is 83.6 Å². The lowest BCUT2D eigenvalue weighted by Gasteiger charge is -2.17. The fraction of sp³-hybridized carbons (Fsp3) is 0.333. The van der Waals surface area contributed by atoms with Crippen LogP contribution < -0.4 is 10.6 Å². The van der Waals surface area contributed by atoms with Crippen molar-refractivity contribution >= 4 is 17.4 Å². The van der Waals surface area contributed by atoms with Crippen LogP contribution in [0.3, 0.4) is 0 Å². The van der Waals surface area contributed by atoms with Crippen molar-refractivity contribution in [1.82, 2.24) is 0 Å². The van der Waals surface area contributed by atoms with Gasteiger partial charge in [-0.1, -0.05) is 12.1 Å². The normalized spacial score (nSPS) is 11.9. The minimum Gasteiger partial charge on any atom is -0.480 e. The number of aliphatic carboxylic acids is 1. The quantitative estimate of drug-likeness (QED) is 0.736. The fourth-order valence-corrected chi connectivity index (χ4v) is 1.50. The highest BCUT2D eigenvalue weighted by atomic mass is 16.4. The smallest absolute Gasteiger partial charge is 0.320 e. The number of nitrogens with two attached hydrogens (primary N) is 1. The third kappa shape index (κ3) is 3.29. The van der Waals surface area contributed by atoms with E-state index in [0.29, 0.717) is 5.56 Å². The van der Waals surface area contributed by atoms with Gasteiger partial charge in [-0.05, 0) is 12.1 Å². The first-order chi connectivity index (χ1) is 7.93. The van der Waals surface area contributed by atoms with Gasteiger partial charge in [0, 0.05) is 31.8 Å². The van der Waals surface area contributed by atoms with Crippen molar-refractivity contribution in [3.05, 3.63) is 29.8 Å². The van der Waals surface area contributed by atoms with Gasteiger partial charge < -0.3 is 15.7 Å². The van der Waals surface area contributed by atoms with Crippen LogP contribution in [-0.4, -0.2) is 37.0 Å². The summed E-state index contributed by atoms with van der Waals surface area (Å²) >= 11 is 0. The van der Waals surface area contributed by atoms with Gasteiger partial charge in [-0.3, -0.25) is 9.59 Å². The van der Waals surface area contributed by atoms with Gasteiger partial charge in [0.2, 0.25) is 0 Å². The number of carboxylic acid groups (broad SMARTS) is 1. The predicted molar refractivity (Wildman–Crippen MR) is 65.3 cm³/mol. The first-order valence-corrected chi connectivity index (χ1v) is 5.21. The molecule has 0 heterocycles. The van der Waals surface area contributed by atoms with Gasteiger partial charge in [0.05, 0.1) is 0 Å². The molecule has 0 bridgehead atoms. The molecule has 5 nitrogen and oxygen atoms in total. The van der Waals surface area contributed by atoms with Crippen LogP contribution >= 0.6 is 0 Å². The van der Waals surface area contributed by atoms with Gasteiger partial charge >= 0.3 is 5.97 Å². The summed E-state index contributed by atoms with van der Waals surface area (Å²) in [7, 11) is 3.65. The number of hydrogen-bond acceptors (Lipinski definition) is 4. The standard InChI is InChI=1S/C12H16N2O3/c1-14(2)10-6-4-3-5-8(10)11(15)7-9(13)12(16)17/h3-6,9H,7,13H2,1-2H3,(H,16,17)/t9-/m0/s1. The zero-order valence-corrected chi connectivity index (χ0v) is 9.88. The van der Waals surface area contributed by atoms with Crippen molar-refractivity contribution in [1.29, 1.82) is 0 Å². The molecule has 0 amide bonds. The van der Waals surface area contributed by atoms with E-state index in [1.807, 2.05) is 20.2 Å². The fourth-order valence-electron chi connectivity index (χ4n) is 1.50. The Bertz CT molecular complexity index is 430. The molecule has 1 rings (SSSR count). The number of Topliss-reactive ketones (excluding diaryl/α,β-unsaturated/α-hetero) is 1. The molecular weight excluding hydrogens is 220 g/mol. The van der Waals surface area contributed by atoms with Crippen molar-refractivity contribution in [2.45, 2.75) is 12.5 Å². The lowest BCUT2D eigenvalue weighted by atomic mass is 10.0. The summed E-state index contributed by atoms with van der Waals surface area (Å²) in [6.45, 7) is 0. The van der Waals surface area contributed by atoms with Gasteiger partial charge in [-0.15, -0.1) is 0 Å². The molecule has 0 unspecified atom stereocenters. The van der Waals surface area contributed by atoms with E-state index in [4.69, 9.17) is 10.8 Å². The molecule has 92 valence electrons. The van der Waals surface area contributed by atoms with Gasteiger partial charge in [0.1, 0.15) is 6.04 Å². The third-order valence-corrected chi connectivity index (χ3v) is 2.41. The number of carbonyl (C=O) groups is 2. The second-order valence-electron chi connectivity index (χ2n) is 3.98. The van der Waals surface area contributed by atoms with Crippen LogP contribution in [0.2, 0.25) is 0 Å². The number of hydrogen-bond donors (Lipinski definition) is 2. The van der Waals surface area contributed by atoms with Crippen LogP contribution in [-0.2, 0) is 4.79 Å². The Morgan fingerprint density at radius 3 is 2.47 bits per heavy atom. The van der Waals surface area contributed by atoms with Crippen molar-refractivity contribution in [3.8, 4) is 0 Å². The summed E-state index contributed by atoms with van der Waals surface area (Å²) in [6.07, 6.45) is -0.194. The number of carbonyl (C=O) groups excluding carboxylic acids is 1. The zero-order chi connectivity index (χ0) is 13.0. The molecule has 0 aliphatic heterocycles. The highest BCUT2D eigenvalue weighted by molar-refractivity contribution is 6.03. The SMILES string of the molecule is CN(C)c1ccccc1C(=O)C[C@H](N)C(=O)O. The average Bonchev–Trinajstić information content (AvgIpc) is 2.28. The first-order valence-electron chi connectivity index (χ1n) is 5.21. The van der Waals surface area contributed by atoms with Crippen LogP contribution in [0.1, 0.15) is 16.8 Å². The Hall–Kier alpha value is -1.88. The maximum Gasteiger partial charge on any atom is 0.320 e. The molecule has 17 heavy (non-hydrogen) atoms. The van der Waals surface area contributed by atoms with E-state index in [-0.39, 0.29) is 12.2 Å². The maximum absolute atomic E-state index is 11.9. The second kappa shape index (κ2) is 5.45. The molecule has 0 aromatic heterocycles. The van der Waals surface area contributed by atoms with Crippen LogP contribution in [0.15, 0.2) is 24.3 Å². The predicted octanol–water partition coefficient (Wildman–Crippen LogP) is 0.737. The molecule has 1 atom stereocenters. The average molecular weight is 236 g/mol. The molecule has 5 heteroatoms. The lowest BCUT2D eigenvalue weighted by molar-refractivity contribution is -0.138. The summed E-state index contributed by atoms with van der Waals surface area (Å²) in [5.74, 6) is -1.43. The largest absolute Gasteiger partial charge is 0.480 e. The van der Waals surface area contributed by atoms with E-state index >= 15 is 0 Å². The van der Waals surface area contributed by atoms with E-state index in [9.17, 15) is 9.59 Å². The van der Waals surface area contributed by atoms with Crippen molar-refractivity contribution in [3.63, 3.8) is 0 Å². The third-order valence-electron chi connectivity index (χ3n) is 2.41. The molecule has 1 aromatic carbocycles. The molecule has 3 N–H and O–H groups in total. The summed E-state index contributed by atoms with van der Waals surface area (Å²) < 4.78 is 0. The van der Waals surface area contributed by atoms with E-state index in [2.05, 4.69) is 0 Å². The van der Waals surface area contributed by atoms with Crippen LogP contribution in [0.5, 0.6) is 0 Å². The van der Waals surface area contributed by atoms with E-state index in [1.54, 1.807) is 23.1 Å². The Labute approximate surface area is 99.8 Å². The number of benzene rings is 1. The number of nitrogens with zero attached hydrogens (tertiary/aromatic N) is 1. The van der Waals surface area contributed by atoms with Crippen LogP contribution in [0, 0.1) is 0 Å². The maximum atomic E-state index is 11.9. The van der Waals surface area contributed by atoms with Gasteiger partial charge in [0.25, 0.3) is 0 Å². The van der Waals surface area contributed by atoms with Crippen LogP contribution in [0.25, 0.3) is 0 Å². The van der Waals surface area contributed by atoms with Gasteiger partial charge in [0.15, 0.2) is 5.78 Å². The molecule has 1 aromatic rings. The van der Waals surface area contributed by atoms with Crippen molar-refractivity contribution in [2.75, 3.05) is 19.0 Å². The molecule has 0 aliphatic rings. The van der Waals surface area contributed by atoms with Crippen LogP contribution in [0.4, 0.5) is 5.69 Å². The number of rotatable bonds is 5. The Morgan fingerprint density at radius 1 is 1.35 bits per heavy atom. The molecule has 0 spiro atoms. The second-order valence-corrected chi connectivity index (χ2v) is 3.98. The Kier molecular flexibility index (Phi) is 4.23. The van der Waals surface area contributed by atoms with Gasteiger partial charge in [-0.25, -0.2) is 0 Å². The molecule has 0 fully saturated rings. The van der Waals surface area contributed by atoms with Crippen molar-refractivity contribution in [2.24, 2.45) is 5.73 Å². The molecule has 0 radical (unpaired) electrons. The van der Waals surface area contributed by atoms with Gasteiger partial charge in [-0.2, -0.15) is 0 Å². The summed E-state index contributed by atoms with van der Waals surface area (Å²) in [4.78, 5) is 24.3. The van der Waals surface area contributed by atoms with E-state index in [0.717, 1.165) is 5.69 Å². The highest BCUT2D eigenvalue weighted by Gasteiger charge is 2.19. The Morgan fingerprint density at radius 2 is 1.94 bits per heavy atom. The monoisotopic (exact) mass is 236 g/mol. The minimum absolute atomic E-state index is 0.194. The first kappa shape index (κ1) is 13.2. The zero-order valence-electron chi connectivity index (χ0n) is 9.88. The Balaban J connectivity index is 2.93. The van der Waals surface area contributed by atoms with Crippen molar-refractivity contribution < 1.29 is 14.7 Å². The number of ketones is 1. The highest BCUT2D eigenvalue weighted by Crippen LogP contribution is 2.19. The van der Waals surface area contributed by atoms with E-state index < -0.39 is 12.0 Å². The summed E-state index contributed by atoms with van der Waals surface area (Å²) in [5.41, 5.74) is 6.60. The molecular formula is C12H16N2O3. The summed E-state index contributed by atoms with van der Waals surface area (Å²) in [6, 6.07) is 5.89. The number of anilines is 1.